The molecule has 2 aromatic rings. The zero-order valence-corrected chi connectivity index (χ0v) is 28.6. The molecule has 3 amide bonds. The number of aromatic nitrogens is 2. The normalized spacial score (nSPS) is 17.3. The van der Waals surface area contributed by atoms with Gasteiger partial charge in [-0.25, -0.2) is 4.98 Å². The van der Waals surface area contributed by atoms with Crippen LogP contribution >= 0.6 is 0 Å². The quantitative estimate of drug-likeness (QED) is 0.127. The number of hydrogen-bond donors (Lipinski definition) is 7. The number of benzene rings is 1. The minimum absolute atomic E-state index is 0.000456. The third-order valence-corrected chi connectivity index (χ3v) is 8.82. The van der Waals surface area contributed by atoms with Gasteiger partial charge in [-0.3, -0.25) is 14.4 Å². The van der Waals surface area contributed by atoms with Gasteiger partial charge >= 0.3 is 0 Å². The summed E-state index contributed by atoms with van der Waals surface area (Å²) in [6.45, 7) is 7.23. The van der Waals surface area contributed by atoms with Gasteiger partial charge in [0.2, 0.25) is 17.7 Å². The maximum Gasteiger partial charge on any atom is 0.243 e. The molecule has 1 fully saturated rings. The number of hydrogen-bond acceptors (Lipinski definition) is 8. The predicted octanol–water partition coefficient (Wildman–Crippen LogP) is 2.52. The highest BCUT2D eigenvalue weighted by atomic mass is 16.5. The van der Waals surface area contributed by atoms with Crippen LogP contribution in [0.5, 0.6) is 5.75 Å². The van der Waals surface area contributed by atoms with E-state index in [4.69, 9.17) is 10.5 Å². The standard InChI is InChI=1S/C35H56N6O6/c1-22(2)30(42)18-31(43)27(15-23-9-7-6-8-10-23)40-34(46)29(17-25-20-37-21-38-25)41-33(45)28(39-32(44)19-35(3,4)36)16-24-11-13-26(47-5)14-12-24/h11-14,20-23,27-31,42-43H,6-10,15-19,36H2,1-5H3,(H,37,38)(H,39,44)(H,40,46)(H,41,45)/t27-,28-,29-,30?,31?/m0/s1. The smallest absolute Gasteiger partial charge is 0.243 e. The number of carbonyl (C=O) groups excluding carboxylic acids is 3. The first-order valence-corrected chi connectivity index (χ1v) is 16.9. The summed E-state index contributed by atoms with van der Waals surface area (Å²) < 4.78 is 5.25. The summed E-state index contributed by atoms with van der Waals surface area (Å²) >= 11 is 0. The van der Waals surface area contributed by atoms with Crippen LogP contribution in [0.4, 0.5) is 0 Å². The minimum Gasteiger partial charge on any atom is -0.497 e. The number of aliphatic hydroxyl groups excluding tert-OH is 2. The van der Waals surface area contributed by atoms with Gasteiger partial charge in [0.1, 0.15) is 17.8 Å². The Bertz CT molecular complexity index is 1240. The van der Waals surface area contributed by atoms with E-state index in [2.05, 4.69) is 25.9 Å². The van der Waals surface area contributed by atoms with E-state index in [1.54, 1.807) is 39.3 Å². The number of aliphatic hydroxyl groups is 2. The molecule has 3 rings (SSSR count). The molecule has 1 heterocycles. The van der Waals surface area contributed by atoms with Crippen LogP contribution in [0.25, 0.3) is 0 Å². The minimum atomic E-state index is -1.05. The summed E-state index contributed by atoms with van der Waals surface area (Å²) in [6.07, 6.45) is 7.83. The molecule has 12 nitrogen and oxygen atoms in total. The number of ether oxygens (including phenoxy) is 1. The molecule has 262 valence electrons. The lowest BCUT2D eigenvalue weighted by Crippen LogP contribution is -2.58. The molecule has 0 spiro atoms. The van der Waals surface area contributed by atoms with Crippen LogP contribution in [0.3, 0.4) is 0 Å². The highest BCUT2D eigenvalue weighted by molar-refractivity contribution is 5.92. The van der Waals surface area contributed by atoms with Crippen molar-refractivity contribution in [3.63, 3.8) is 0 Å². The van der Waals surface area contributed by atoms with Gasteiger partial charge in [0.15, 0.2) is 0 Å². The van der Waals surface area contributed by atoms with Crippen molar-refractivity contribution < 1.29 is 29.3 Å². The third-order valence-electron chi connectivity index (χ3n) is 8.82. The lowest BCUT2D eigenvalue weighted by molar-refractivity contribution is -0.133. The van der Waals surface area contributed by atoms with Crippen LogP contribution in [0.1, 0.15) is 90.3 Å². The monoisotopic (exact) mass is 656 g/mol. The Hall–Kier alpha value is -3.48. The van der Waals surface area contributed by atoms with Crippen LogP contribution in [-0.2, 0) is 27.2 Å². The number of nitrogens with two attached hydrogens (primary N) is 1. The number of rotatable bonds is 18. The fourth-order valence-electron chi connectivity index (χ4n) is 6.02. The maximum atomic E-state index is 14.0. The highest BCUT2D eigenvalue weighted by Gasteiger charge is 2.33. The number of nitrogens with zero attached hydrogens (tertiary/aromatic N) is 1. The molecule has 1 aliphatic rings. The van der Waals surface area contributed by atoms with Crippen LogP contribution in [0, 0.1) is 11.8 Å². The summed E-state index contributed by atoms with van der Waals surface area (Å²) in [5.41, 5.74) is 6.64. The molecule has 12 heteroatoms. The second-order valence-corrected chi connectivity index (χ2v) is 14.1. The Labute approximate surface area is 279 Å². The largest absolute Gasteiger partial charge is 0.497 e. The number of carbonyl (C=O) groups is 3. The van der Waals surface area contributed by atoms with Crippen LogP contribution in [-0.4, -0.2) is 80.9 Å². The van der Waals surface area contributed by atoms with Crippen LogP contribution in [0.15, 0.2) is 36.8 Å². The number of H-pyrrole nitrogens is 1. The van der Waals surface area contributed by atoms with E-state index in [-0.39, 0.29) is 37.5 Å². The first-order chi connectivity index (χ1) is 22.2. The lowest BCUT2D eigenvalue weighted by atomic mass is 9.82. The Morgan fingerprint density at radius 2 is 1.62 bits per heavy atom. The Morgan fingerprint density at radius 3 is 2.19 bits per heavy atom. The SMILES string of the molecule is COc1ccc(C[C@H](NC(=O)CC(C)(C)N)C(=O)N[C@@H](Cc2c[nH]cn2)C(=O)N[C@@H](CC2CCCCC2)C(O)CC(O)C(C)C)cc1. The predicted molar refractivity (Wildman–Crippen MR) is 180 cm³/mol. The number of aromatic amines is 1. The fourth-order valence-corrected chi connectivity index (χ4v) is 6.02. The molecular weight excluding hydrogens is 600 g/mol. The summed E-state index contributed by atoms with van der Waals surface area (Å²) in [6, 6.07) is 4.51. The second-order valence-electron chi connectivity index (χ2n) is 14.1. The van der Waals surface area contributed by atoms with Crippen molar-refractivity contribution in [3.05, 3.63) is 48.0 Å². The highest BCUT2D eigenvalue weighted by Crippen LogP contribution is 2.29. The average Bonchev–Trinajstić information content (AvgIpc) is 3.53. The van der Waals surface area contributed by atoms with Crippen LogP contribution < -0.4 is 26.4 Å². The molecule has 1 aromatic carbocycles. The zero-order valence-electron chi connectivity index (χ0n) is 28.6. The van der Waals surface area contributed by atoms with Gasteiger partial charge < -0.3 is 41.6 Å². The molecule has 1 aromatic heterocycles. The van der Waals surface area contributed by atoms with Gasteiger partial charge in [0.25, 0.3) is 0 Å². The Kier molecular flexibility index (Phi) is 14.7. The molecule has 0 bridgehead atoms. The maximum absolute atomic E-state index is 14.0. The van der Waals surface area contributed by atoms with E-state index >= 15 is 0 Å². The first-order valence-electron chi connectivity index (χ1n) is 16.9. The number of amides is 3. The summed E-state index contributed by atoms with van der Waals surface area (Å²) in [5, 5.41) is 30.5. The van der Waals surface area contributed by atoms with E-state index in [1.165, 1.54) is 12.7 Å². The summed E-state index contributed by atoms with van der Waals surface area (Å²) in [5.74, 6) is -0.457. The topological polar surface area (TPSA) is 192 Å². The van der Waals surface area contributed by atoms with E-state index < -0.39 is 47.7 Å². The molecule has 47 heavy (non-hydrogen) atoms. The molecule has 2 unspecified atom stereocenters. The van der Waals surface area contributed by atoms with Crippen molar-refractivity contribution in [2.75, 3.05) is 7.11 Å². The lowest BCUT2D eigenvalue weighted by Gasteiger charge is -2.33. The van der Waals surface area contributed by atoms with E-state index in [0.717, 1.165) is 31.2 Å². The first kappa shape index (κ1) is 38.0. The van der Waals surface area contributed by atoms with Crippen LogP contribution in [0.2, 0.25) is 0 Å². The fraction of sp³-hybridized carbons (Fsp3) is 0.657. The zero-order chi connectivity index (χ0) is 34.6. The van der Waals surface area contributed by atoms with Crippen molar-refractivity contribution in [1.82, 2.24) is 25.9 Å². The van der Waals surface area contributed by atoms with Gasteiger partial charge in [0.05, 0.1) is 37.4 Å². The van der Waals surface area contributed by atoms with E-state index in [9.17, 15) is 24.6 Å². The Morgan fingerprint density at radius 1 is 0.979 bits per heavy atom. The van der Waals surface area contributed by atoms with Gasteiger partial charge in [-0.05, 0) is 49.8 Å². The Balaban J connectivity index is 1.84. The molecule has 0 aliphatic heterocycles. The summed E-state index contributed by atoms with van der Waals surface area (Å²) in [4.78, 5) is 48.0. The third kappa shape index (κ3) is 13.3. The molecule has 0 radical (unpaired) electrons. The average molecular weight is 657 g/mol. The second kappa shape index (κ2) is 18.2. The van der Waals surface area contributed by atoms with Crippen molar-refractivity contribution in [3.8, 4) is 5.75 Å². The van der Waals surface area contributed by atoms with E-state index in [1.807, 2.05) is 26.0 Å². The molecule has 8 N–H and O–H groups in total. The molecule has 1 aliphatic carbocycles. The van der Waals surface area contributed by atoms with Gasteiger partial charge in [0, 0.05) is 37.4 Å². The van der Waals surface area contributed by atoms with Crippen molar-refractivity contribution in [2.24, 2.45) is 17.6 Å². The number of methoxy groups -OCH3 is 1. The molecule has 0 saturated heterocycles. The van der Waals surface area contributed by atoms with Crippen molar-refractivity contribution >= 4 is 17.7 Å². The van der Waals surface area contributed by atoms with Gasteiger partial charge in [-0.2, -0.15) is 0 Å². The molecular formula is C35H56N6O6. The van der Waals surface area contributed by atoms with Gasteiger partial charge in [-0.15, -0.1) is 0 Å². The molecule has 5 atom stereocenters. The van der Waals surface area contributed by atoms with Gasteiger partial charge in [-0.1, -0.05) is 58.1 Å². The molecule has 1 saturated carbocycles. The van der Waals surface area contributed by atoms with Crippen molar-refractivity contribution in [1.29, 1.82) is 0 Å². The number of nitrogens with one attached hydrogen (secondary N) is 4. The van der Waals surface area contributed by atoms with E-state index in [0.29, 0.717) is 23.8 Å². The van der Waals surface area contributed by atoms with Crippen molar-refractivity contribution in [2.45, 2.75) is 128 Å². The summed E-state index contributed by atoms with van der Waals surface area (Å²) in [7, 11) is 1.57. The number of imidazole rings is 1.